The summed E-state index contributed by atoms with van der Waals surface area (Å²) < 4.78 is 7.21. The van der Waals surface area contributed by atoms with Crippen molar-refractivity contribution < 1.29 is 9.32 Å². The molecule has 0 radical (unpaired) electrons. The van der Waals surface area contributed by atoms with E-state index in [1.165, 1.54) is 0 Å². The summed E-state index contributed by atoms with van der Waals surface area (Å²) >= 11 is 0. The number of carbonyl (C=O) groups excluding carboxylic acids is 1. The van der Waals surface area contributed by atoms with Gasteiger partial charge >= 0.3 is 0 Å². The minimum absolute atomic E-state index is 0.0425. The molecule has 1 aliphatic rings. The molecule has 3 heterocycles. The molecular weight excluding hydrogens is 280 g/mol. The van der Waals surface area contributed by atoms with Crippen molar-refractivity contribution in [2.45, 2.75) is 39.0 Å². The number of likely N-dealkylation sites (tertiary alicyclic amines) is 1. The fourth-order valence-electron chi connectivity index (χ4n) is 3.13. The van der Waals surface area contributed by atoms with Crippen molar-refractivity contribution in [1.29, 1.82) is 0 Å². The van der Waals surface area contributed by atoms with Crippen molar-refractivity contribution >= 4 is 5.91 Å². The minimum Gasteiger partial charge on any atom is -0.361 e. The van der Waals surface area contributed by atoms with E-state index in [4.69, 9.17) is 4.52 Å². The number of imidazole rings is 1. The van der Waals surface area contributed by atoms with Crippen molar-refractivity contribution in [3.05, 3.63) is 35.2 Å². The molecule has 1 saturated heterocycles. The lowest BCUT2D eigenvalue weighted by molar-refractivity contribution is 0.0693. The number of carbonyl (C=O) groups is 1. The van der Waals surface area contributed by atoms with E-state index in [1.54, 1.807) is 6.07 Å². The van der Waals surface area contributed by atoms with E-state index in [-0.39, 0.29) is 11.8 Å². The van der Waals surface area contributed by atoms with Crippen molar-refractivity contribution in [3.8, 4) is 0 Å². The van der Waals surface area contributed by atoms with Crippen LogP contribution in [-0.4, -0.2) is 38.6 Å². The normalized spacial score (nSPS) is 18.7. The molecule has 6 heteroatoms. The molecule has 1 atom stereocenters. The third kappa shape index (κ3) is 2.77. The summed E-state index contributed by atoms with van der Waals surface area (Å²) in [7, 11) is 2.02. The topological polar surface area (TPSA) is 64.2 Å². The Kier molecular flexibility index (Phi) is 4.00. The zero-order valence-electron chi connectivity index (χ0n) is 13.4. The van der Waals surface area contributed by atoms with Gasteiger partial charge in [0, 0.05) is 44.7 Å². The van der Waals surface area contributed by atoms with Crippen LogP contribution in [0.15, 0.2) is 16.8 Å². The van der Waals surface area contributed by atoms with Gasteiger partial charge in [-0.3, -0.25) is 4.79 Å². The van der Waals surface area contributed by atoms with Gasteiger partial charge in [-0.25, -0.2) is 4.98 Å². The maximum Gasteiger partial charge on any atom is 0.276 e. The highest BCUT2D eigenvalue weighted by Crippen LogP contribution is 2.27. The van der Waals surface area contributed by atoms with Crippen LogP contribution in [0, 0.1) is 6.92 Å². The van der Waals surface area contributed by atoms with Crippen LogP contribution in [-0.2, 0) is 13.5 Å². The summed E-state index contributed by atoms with van der Waals surface area (Å²) in [6, 6.07) is 1.75. The summed E-state index contributed by atoms with van der Waals surface area (Å²) in [6.45, 7) is 5.44. The highest BCUT2D eigenvalue weighted by Gasteiger charge is 2.29. The van der Waals surface area contributed by atoms with Gasteiger partial charge in [0.25, 0.3) is 5.91 Å². The lowest BCUT2D eigenvalue weighted by Crippen LogP contribution is -2.39. The molecule has 1 aliphatic heterocycles. The van der Waals surface area contributed by atoms with Gasteiger partial charge < -0.3 is 14.0 Å². The first-order valence-electron chi connectivity index (χ1n) is 7.83. The molecule has 2 aromatic rings. The molecule has 6 nitrogen and oxygen atoms in total. The van der Waals surface area contributed by atoms with Gasteiger partial charge in [0.15, 0.2) is 5.69 Å². The van der Waals surface area contributed by atoms with E-state index >= 15 is 0 Å². The van der Waals surface area contributed by atoms with Crippen LogP contribution in [0.1, 0.15) is 53.5 Å². The van der Waals surface area contributed by atoms with Crippen LogP contribution in [0.5, 0.6) is 0 Å². The van der Waals surface area contributed by atoms with Gasteiger partial charge in [-0.15, -0.1) is 0 Å². The van der Waals surface area contributed by atoms with E-state index in [1.807, 2.05) is 32.0 Å². The number of aryl methyl sites for hydroxylation is 3. The van der Waals surface area contributed by atoms with Gasteiger partial charge in [0.05, 0.1) is 5.69 Å². The molecule has 0 saturated carbocycles. The molecule has 1 amide bonds. The quantitative estimate of drug-likeness (QED) is 0.872. The molecule has 0 spiro atoms. The standard InChI is InChI=1S/C16H22N4O2/c1-4-13-8-14(18-22-13)16(21)20-7-5-6-12(10-20)15-17-11(2)9-19(15)3/h8-9,12H,4-7,10H2,1-3H3/t12-/m1/s1. The Hall–Kier alpha value is -2.11. The van der Waals surface area contributed by atoms with Gasteiger partial charge in [0.1, 0.15) is 11.6 Å². The van der Waals surface area contributed by atoms with E-state index in [9.17, 15) is 4.79 Å². The maximum absolute atomic E-state index is 12.6. The van der Waals surface area contributed by atoms with E-state index in [2.05, 4.69) is 14.7 Å². The van der Waals surface area contributed by atoms with Crippen molar-refractivity contribution in [2.75, 3.05) is 13.1 Å². The number of aromatic nitrogens is 3. The molecule has 0 N–H and O–H groups in total. The molecular formula is C16H22N4O2. The largest absolute Gasteiger partial charge is 0.361 e. The van der Waals surface area contributed by atoms with E-state index in [0.717, 1.165) is 43.1 Å². The van der Waals surface area contributed by atoms with Gasteiger partial charge in [-0.2, -0.15) is 0 Å². The molecule has 3 rings (SSSR count). The molecule has 1 fully saturated rings. The average molecular weight is 302 g/mol. The molecule has 0 aliphatic carbocycles. The smallest absolute Gasteiger partial charge is 0.276 e. The van der Waals surface area contributed by atoms with Crippen LogP contribution in [0.4, 0.5) is 0 Å². The summed E-state index contributed by atoms with van der Waals surface area (Å²) in [5.41, 5.74) is 1.43. The van der Waals surface area contributed by atoms with E-state index in [0.29, 0.717) is 12.2 Å². The lowest BCUT2D eigenvalue weighted by atomic mass is 9.97. The summed E-state index contributed by atoms with van der Waals surface area (Å²) in [5.74, 6) is 2.05. The van der Waals surface area contributed by atoms with Gasteiger partial charge in [0.2, 0.25) is 0 Å². The van der Waals surface area contributed by atoms with Crippen LogP contribution >= 0.6 is 0 Å². The Morgan fingerprint density at radius 3 is 2.95 bits per heavy atom. The highest BCUT2D eigenvalue weighted by molar-refractivity contribution is 5.92. The molecule has 0 aromatic carbocycles. The monoisotopic (exact) mass is 302 g/mol. The van der Waals surface area contributed by atoms with Crippen LogP contribution < -0.4 is 0 Å². The number of nitrogens with zero attached hydrogens (tertiary/aromatic N) is 4. The third-order valence-electron chi connectivity index (χ3n) is 4.23. The summed E-state index contributed by atoms with van der Waals surface area (Å²) in [6.07, 6.45) is 4.82. The Balaban J connectivity index is 1.75. The molecule has 0 unspecified atom stereocenters. The number of hydrogen-bond donors (Lipinski definition) is 0. The summed E-state index contributed by atoms with van der Waals surface area (Å²) in [4.78, 5) is 19.1. The third-order valence-corrected chi connectivity index (χ3v) is 4.23. The predicted octanol–water partition coefficient (Wildman–Crippen LogP) is 2.30. The van der Waals surface area contributed by atoms with Crippen molar-refractivity contribution in [2.24, 2.45) is 7.05 Å². The van der Waals surface area contributed by atoms with Gasteiger partial charge in [-0.05, 0) is 19.8 Å². The van der Waals surface area contributed by atoms with Gasteiger partial charge in [-0.1, -0.05) is 12.1 Å². The Bertz CT molecular complexity index is 673. The van der Waals surface area contributed by atoms with Crippen LogP contribution in [0.2, 0.25) is 0 Å². The number of hydrogen-bond acceptors (Lipinski definition) is 4. The maximum atomic E-state index is 12.6. The zero-order valence-corrected chi connectivity index (χ0v) is 13.4. The Morgan fingerprint density at radius 2 is 2.32 bits per heavy atom. The Labute approximate surface area is 130 Å². The fraction of sp³-hybridized carbons (Fsp3) is 0.562. The molecule has 118 valence electrons. The van der Waals surface area contributed by atoms with E-state index < -0.39 is 0 Å². The second-order valence-electron chi connectivity index (χ2n) is 5.97. The minimum atomic E-state index is -0.0425. The molecule has 0 bridgehead atoms. The first-order chi connectivity index (χ1) is 10.6. The zero-order chi connectivity index (χ0) is 15.7. The number of rotatable bonds is 3. The first kappa shape index (κ1) is 14.8. The van der Waals surface area contributed by atoms with Crippen molar-refractivity contribution in [3.63, 3.8) is 0 Å². The van der Waals surface area contributed by atoms with Crippen LogP contribution in [0.3, 0.4) is 0 Å². The fourth-order valence-corrected chi connectivity index (χ4v) is 3.13. The second-order valence-corrected chi connectivity index (χ2v) is 5.97. The lowest BCUT2D eigenvalue weighted by Gasteiger charge is -2.31. The van der Waals surface area contributed by atoms with Crippen LogP contribution in [0.25, 0.3) is 0 Å². The first-order valence-corrected chi connectivity index (χ1v) is 7.83. The predicted molar refractivity (Wildman–Crippen MR) is 81.7 cm³/mol. The SMILES string of the molecule is CCc1cc(C(=O)N2CCC[C@@H](c3nc(C)cn3C)C2)no1. The second kappa shape index (κ2) is 5.94. The number of amides is 1. The molecule has 2 aromatic heterocycles. The average Bonchev–Trinajstić information content (AvgIpc) is 3.13. The highest BCUT2D eigenvalue weighted by atomic mass is 16.5. The Morgan fingerprint density at radius 1 is 1.50 bits per heavy atom. The molecule has 22 heavy (non-hydrogen) atoms. The summed E-state index contributed by atoms with van der Waals surface area (Å²) in [5, 5.41) is 3.89. The number of piperidine rings is 1. The van der Waals surface area contributed by atoms with Crippen molar-refractivity contribution in [1.82, 2.24) is 19.6 Å².